The second kappa shape index (κ2) is 7.00. The Morgan fingerprint density at radius 2 is 2.10 bits per heavy atom. The number of hydrogen-bond acceptors (Lipinski definition) is 4. The maximum absolute atomic E-state index is 11.5. The molecule has 116 valence electrons. The Labute approximate surface area is 130 Å². The summed E-state index contributed by atoms with van der Waals surface area (Å²) < 4.78 is 0. The van der Waals surface area contributed by atoms with Gasteiger partial charge in [0.2, 0.25) is 0 Å². The van der Waals surface area contributed by atoms with Crippen LogP contribution in [0.4, 0.5) is 11.4 Å². The molecule has 1 aromatic rings. The van der Waals surface area contributed by atoms with Gasteiger partial charge in [0.05, 0.1) is 16.3 Å². The number of nitrogen functional groups attached to an aromatic ring is 1. The SMILES string of the molecule is CN1CCC(CCNc2c(Cl)cc(N)cc2C(N)=O)CC1. The summed E-state index contributed by atoms with van der Waals surface area (Å²) in [5, 5.41) is 3.68. The van der Waals surface area contributed by atoms with E-state index in [-0.39, 0.29) is 0 Å². The molecule has 0 radical (unpaired) electrons. The summed E-state index contributed by atoms with van der Waals surface area (Å²) in [4.78, 5) is 13.8. The number of nitrogens with one attached hydrogen (secondary N) is 1. The highest BCUT2D eigenvalue weighted by atomic mass is 35.5. The number of likely N-dealkylation sites (tertiary alicyclic amines) is 1. The minimum atomic E-state index is -0.522. The summed E-state index contributed by atoms with van der Waals surface area (Å²) in [6.07, 6.45) is 3.50. The van der Waals surface area contributed by atoms with Crippen LogP contribution in [0.2, 0.25) is 5.02 Å². The number of rotatable bonds is 5. The van der Waals surface area contributed by atoms with Crippen LogP contribution in [-0.2, 0) is 0 Å². The fourth-order valence-corrected chi connectivity index (χ4v) is 3.05. The van der Waals surface area contributed by atoms with E-state index in [1.165, 1.54) is 12.8 Å². The first kappa shape index (κ1) is 15.9. The molecule has 2 rings (SSSR count). The summed E-state index contributed by atoms with van der Waals surface area (Å²) in [6.45, 7) is 3.08. The third kappa shape index (κ3) is 4.25. The number of carbonyl (C=O) groups excluding carboxylic acids is 1. The maximum atomic E-state index is 11.5. The summed E-state index contributed by atoms with van der Waals surface area (Å²) in [5.74, 6) is 0.198. The Balaban J connectivity index is 1.95. The van der Waals surface area contributed by atoms with Crippen molar-refractivity contribution < 1.29 is 4.79 Å². The van der Waals surface area contributed by atoms with Crippen LogP contribution in [0.3, 0.4) is 0 Å². The van der Waals surface area contributed by atoms with Crippen molar-refractivity contribution in [3.8, 4) is 0 Å². The zero-order valence-corrected chi connectivity index (χ0v) is 13.1. The van der Waals surface area contributed by atoms with Crippen molar-refractivity contribution in [3.05, 3.63) is 22.7 Å². The second-order valence-corrected chi connectivity index (χ2v) is 6.16. The molecule has 1 saturated heterocycles. The van der Waals surface area contributed by atoms with Crippen molar-refractivity contribution in [2.75, 3.05) is 37.7 Å². The van der Waals surface area contributed by atoms with E-state index in [0.29, 0.717) is 22.0 Å². The maximum Gasteiger partial charge on any atom is 0.250 e. The second-order valence-electron chi connectivity index (χ2n) is 5.75. The van der Waals surface area contributed by atoms with Gasteiger partial charge in [-0.15, -0.1) is 0 Å². The predicted molar refractivity (Wildman–Crippen MR) is 87.7 cm³/mol. The Hall–Kier alpha value is -1.46. The molecule has 1 aromatic carbocycles. The van der Waals surface area contributed by atoms with E-state index >= 15 is 0 Å². The molecular weight excluding hydrogens is 288 g/mol. The largest absolute Gasteiger partial charge is 0.399 e. The monoisotopic (exact) mass is 310 g/mol. The zero-order valence-electron chi connectivity index (χ0n) is 12.4. The van der Waals surface area contributed by atoms with E-state index in [2.05, 4.69) is 17.3 Å². The van der Waals surface area contributed by atoms with Crippen LogP contribution < -0.4 is 16.8 Å². The number of piperidine rings is 1. The number of benzene rings is 1. The lowest BCUT2D eigenvalue weighted by Crippen LogP contribution is -2.31. The highest BCUT2D eigenvalue weighted by Gasteiger charge is 2.17. The Morgan fingerprint density at radius 3 is 2.71 bits per heavy atom. The van der Waals surface area contributed by atoms with Crippen LogP contribution in [0.25, 0.3) is 0 Å². The molecule has 1 aliphatic heterocycles. The molecule has 0 spiro atoms. The number of anilines is 2. The third-order valence-corrected chi connectivity index (χ3v) is 4.37. The van der Waals surface area contributed by atoms with Crippen LogP contribution in [-0.4, -0.2) is 37.5 Å². The number of halogens is 1. The highest BCUT2D eigenvalue weighted by Crippen LogP contribution is 2.29. The van der Waals surface area contributed by atoms with Gasteiger partial charge in [0.1, 0.15) is 0 Å². The number of carbonyl (C=O) groups is 1. The van der Waals surface area contributed by atoms with E-state index in [1.54, 1.807) is 12.1 Å². The number of nitrogens with two attached hydrogens (primary N) is 2. The highest BCUT2D eigenvalue weighted by molar-refractivity contribution is 6.34. The van der Waals surface area contributed by atoms with Crippen molar-refractivity contribution in [3.63, 3.8) is 0 Å². The minimum absolute atomic E-state index is 0.350. The molecule has 0 unspecified atom stereocenters. The van der Waals surface area contributed by atoms with E-state index in [0.717, 1.165) is 32.0 Å². The van der Waals surface area contributed by atoms with E-state index in [4.69, 9.17) is 23.1 Å². The molecule has 1 aliphatic rings. The topological polar surface area (TPSA) is 84.4 Å². The van der Waals surface area contributed by atoms with Crippen LogP contribution in [0.15, 0.2) is 12.1 Å². The van der Waals surface area contributed by atoms with Crippen molar-refractivity contribution in [1.29, 1.82) is 0 Å². The Morgan fingerprint density at radius 1 is 1.43 bits per heavy atom. The van der Waals surface area contributed by atoms with Crippen LogP contribution in [0, 0.1) is 5.92 Å². The molecule has 0 atom stereocenters. The van der Waals surface area contributed by atoms with Gasteiger partial charge in [0.25, 0.3) is 5.91 Å². The van der Waals surface area contributed by atoms with E-state index < -0.39 is 5.91 Å². The van der Waals surface area contributed by atoms with E-state index in [9.17, 15) is 4.79 Å². The zero-order chi connectivity index (χ0) is 15.4. The molecule has 0 aliphatic carbocycles. The number of primary amides is 1. The molecule has 0 saturated carbocycles. The van der Waals surface area contributed by atoms with Gasteiger partial charge in [0.15, 0.2) is 0 Å². The lowest BCUT2D eigenvalue weighted by molar-refractivity contribution is 0.100. The van der Waals surface area contributed by atoms with Gasteiger partial charge in [-0.1, -0.05) is 11.6 Å². The average Bonchev–Trinajstić information content (AvgIpc) is 2.42. The molecule has 5 nitrogen and oxygen atoms in total. The quantitative estimate of drug-likeness (QED) is 0.728. The summed E-state index contributed by atoms with van der Waals surface area (Å²) in [6, 6.07) is 3.19. The molecule has 5 N–H and O–H groups in total. The van der Waals surface area contributed by atoms with Crippen molar-refractivity contribution in [2.24, 2.45) is 11.7 Å². The van der Waals surface area contributed by atoms with Crippen molar-refractivity contribution >= 4 is 28.9 Å². The van der Waals surface area contributed by atoms with Gasteiger partial charge in [0, 0.05) is 12.2 Å². The van der Waals surface area contributed by atoms with Crippen molar-refractivity contribution in [2.45, 2.75) is 19.3 Å². The number of nitrogens with zero attached hydrogens (tertiary/aromatic N) is 1. The smallest absolute Gasteiger partial charge is 0.250 e. The van der Waals surface area contributed by atoms with Gasteiger partial charge in [-0.3, -0.25) is 4.79 Å². The number of hydrogen-bond donors (Lipinski definition) is 3. The fraction of sp³-hybridized carbons (Fsp3) is 0.533. The van der Waals surface area contributed by atoms with Gasteiger partial charge in [-0.05, 0) is 57.5 Å². The summed E-state index contributed by atoms with van der Waals surface area (Å²) >= 11 is 6.16. The predicted octanol–water partition coefficient (Wildman–Crippen LogP) is 2.16. The lowest BCUT2D eigenvalue weighted by Gasteiger charge is -2.29. The average molecular weight is 311 g/mol. The standard InChI is InChI=1S/C15H23ClN4O/c1-20-6-3-10(4-7-20)2-5-19-14-12(15(18)21)8-11(17)9-13(14)16/h8-10,19H,2-7,17H2,1H3,(H2,18,21). The van der Waals surface area contributed by atoms with Crippen molar-refractivity contribution in [1.82, 2.24) is 4.90 Å². The summed E-state index contributed by atoms with van der Waals surface area (Å²) in [7, 11) is 2.15. The normalized spacial score (nSPS) is 16.9. The van der Waals surface area contributed by atoms with E-state index in [1.807, 2.05) is 0 Å². The molecule has 6 heteroatoms. The first-order valence-corrected chi connectivity index (χ1v) is 7.66. The van der Waals surface area contributed by atoms with Gasteiger partial charge in [-0.2, -0.15) is 0 Å². The summed E-state index contributed by atoms with van der Waals surface area (Å²) in [5.41, 5.74) is 12.5. The van der Waals surface area contributed by atoms with Gasteiger partial charge in [-0.25, -0.2) is 0 Å². The minimum Gasteiger partial charge on any atom is -0.399 e. The van der Waals surface area contributed by atoms with Crippen LogP contribution in [0.1, 0.15) is 29.6 Å². The molecule has 21 heavy (non-hydrogen) atoms. The molecule has 0 bridgehead atoms. The molecule has 0 aromatic heterocycles. The Bertz CT molecular complexity index is 513. The number of amides is 1. The lowest BCUT2D eigenvalue weighted by atomic mass is 9.94. The molecule has 1 amide bonds. The first-order chi connectivity index (χ1) is 9.97. The first-order valence-electron chi connectivity index (χ1n) is 7.28. The fourth-order valence-electron chi connectivity index (χ4n) is 2.75. The van der Waals surface area contributed by atoms with Gasteiger partial charge >= 0.3 is 0 Å². The third-order valence-electron chi connectivity index (χ3n) is 4.07. The van der Waals surface area contributed by atoms with Crippen LogP contribution in [0.5, 0.6) is 0 Å². The Kier molecular flexibility index (Phi) is 5.31. The molecule has 1 heterocycles. The van der Waals surface area contributed by atoms with Gasteiger partial charge < -0.3 is 21.7 Å². The van der Waals surface area contributed by atoms with Crippen LogP contribution >= 0.6 is 11.6 Å². The molecular formula is C15H23ClN4O. The molecule has 1 fully saturated rings.